The number of aromatic amines is 1. The summed E-state index contributed by atoms with van der Waals surface area (Å²) < 4.78 is 46.1. The summed E-state index contributed by atoms with van der Waals surface area (Å²) >= 11 is 5.70. The zero-order chi connectivity index (χ0) is 20.7. The largest absolute Gasteiger partial charge is 0.373 e. The minimum absolute atomic E-state index is 0.0397. The molecule has 29 heavy (non-hydrogen) atoms. The lowest BCUT2D eigenvalue weighted by Gasteiger charge is -2.27. The van der Waals surface area contributed by atoms with Crippen LogP contribution in [-0.4, -0.2) is 17.6 Å². The molecule has 2 heterocycles. The van der Waals surface area contributed by atoms with Gasteiger partial charge in [-0.15, -0.1) is 0 Å². The second-order valence-corrected chi connectivity index (χ2v) is 6.86. The van der Waals surface area contributed by atoms with Crippen molar-refractivity contribution in [3.05, 3.63) is 74.4 Å². The van der Waals surface area contributed by atoms with Gasteiger partial charge in [0, 0.05) is 16.9 Å². The van der Waals surface area contributed by atoms with Crippen LogP contribution in [0.5, 0.6) is 0 Å². The smallest absolute Gasteiger partial charge is 0.319 e. The summed E-state index contributed by atoms with van der Waals surface area (Å²) in [4.78, 5) is 27.2. The quantitative estimate of drug-likeness (QED) is 0.582. The van der Waals surface area contributed by atoms with E-state index >= 15 is 0 Å². The number of urea groups is 1. The lowest BCUT2D eigenvalue weighted by Crippen LogP contribution is -2.38. The zero-order valence-electron chi connectivity index (χ0n) is 14.6. The van der Waals surface area contributed by atoms with Crippen molar-refractivity contribution in [2.24, 2.45) is 0 Å². The number of carbonyl (C=O) groups excluding carboxylic acids is 1. The first-order chi connectivity index (χ1) is 13.8. The van der Waals surface area contributed by atoms with Gasteiger partial charge in [0.05, 0.1) is 29.7 Å². The molecule has 10 heteroatoms. The van der Waals surface area contributed by atoms with E-state index in [1.807, 2.05) is 0 Å². The molecule has 4 rings (SSSR count). The fourth-order valence-corrected chi connectivity index (χ4v) is 3.46. The molecule has 150 valence electrons. The Bertz CT molecular complexity index is 1200. The van der Waals surface area contributed by atoms with Crippen molar-refractivity contribution in [1.29, 1.82) is 0 Å². The fourth-order valence-electron chi connectivity index (χ4n) is 3.28. The van der Waals surface area contributed by atoms with Gasteiger partial charge in [-0.2, -0.15) is 0 Å². The van der Waals surface area contributed by atoms with Crippen LogP contribution in [0.25, 0.3) is 10.8 Å². The van der Waals surface area contributed by atoms with Gasteiger partial charge in [0.15, 0.2) is 11.6 Å². The highest BCUT2D eigenvalue weighted by Crippen LogP contribution is 2.30. The van der Waals surface area contributed by atoms with Crippen molar-refractivity contribution in [1.82, 2.24) is 10.3 Å². The van der Waals surface area contributed by atoms with Crippen LogP contribution in [0.3, 0.4) is 0 Å². The summed E-state index contributed by atoms with van der Waals surface area (Å²) in [5.74, 6) is -2.89. The molecule has 0 bridgehead atoms. The third-order valence-corrected chi connectivity index (χ3v) is 4.84. The average molecular weight is 424 g/mol. The summed E-state index contributed by atoms with van der Waals surface area (Å²) in [5, 5.41) is 5.14. The minimum Gasteiger partial charge on any atom is -0.373 e. The number of ether oxygens (including phenoxy) is 1. The maximum absolute atomic E-state index is 13.8. The van der Waals surface area contributed by atoms with Gasteiger partial charge in [0.25, 0.3) is 5.56 Å². The first-order valence-electron chi connectivity index (χ1n) is 8.47. The van der Waals surface area contributed by atoms with Gasteiger partial charge in [0.2, 0.25) is 0 Å². The first kappa shape index (κ1) is 19.3. The molecule has 0 saturated carbocycles. The van der Waals surface area contributed by atoms with Crippen LogP contribution in [0.4, 0.5) is 23.7 Å². The van der Waals surface area contributed by atoms with E-state index in [1.165, 1.54) is 12.1 Å². The molecule has 2 amide bonds. The molecule has 0 fully saturated rings. The number of aromatic nitrogens is 1. The molecule has 0 radical (unpaired) electrons. The third kappa shape index (κ3) is 3.66. The second-order valence-electron chi connectivity index (χ2n) is 6.45. The average Bonchev–Trinajstić information content (AvgIpc) is 2.66. The molecule has 1 aliphatic rings. The second kappa shape index (κ2) is 7.41. The van der Waals surface area contributed by atoms with E-state index in [1.54, 1.807) is 0 Å². The van der Waals surface area contributed by atoms with Gasteiger partial charge in [-0.3, -0.25) is 4.79 Å². The molecule has 0 saturated heterocycles. The number of hydrogen-bond donors (Lipinski definition) is 3. The maximum atomic E-state index is 13.8. The van der Waals surface area contributed by atoms with E-state index < -0.39 is 35.1 Å². The van der Waals surface area contributed by atoms with E-state index in [-0.39, 0.29) is 34.7 Å². The number of rotatable bonds is 2. The molecule has 2 aromatic carbocycles. The van der Waals surface area contributed by atoms with Gasteiger partial charge >= 0.3 is 6.03 Å². The number of fused-ring (bicyclic) bond motifs is 3. The number of halogens is 4. The zero-order valence-corrected chi connectivity index (χ0v) is 15.4. The number of amides is 2. The number of hydrogen-bond acceptors (Lipinski definition) is 3. The predicted molar refractivity (Wildman–Crippen MR) is 100 cm³/mol. The van der Waals surface area contributed by atoms with E-state index in [2.05, 4.69) is 15.6 Å². The maximum Gasteiger partial charge on any atom is 0.319 e. The standard InChI is InChI=1S/C19H13ClF3N3O3/c20-11-3-8(1-2-12(11)21)24-19(28)26-16-7-29-6-15-17(16)9-4-13(22)14(23)5-10(9)18(27)25-15/h1-5,16H,6-7H2,(H,25,27)(H2,24,26,28). The van der Waals surface area contributed by atoms with Crippen LogP contribution in [-0.2, 0) is 11.3 Å². The molecular weight excluding hydrogens is 411 g/mol. The van der Waals surface area contributed by atoms with E-state index in [0.29, 0.717) is 11.3 Å². The molecule has 1 atom stereocenters. The molecule has 0 spiro atoms. The summed E-state index contributed by atoms with van der Waals surface area (Å²) in [6.45, 7) is 0.0949. The molecule has 1 aliphatic heterocycles. The van der Waals surface area contributed by atoms with E-state index in [0.717, 1.165) is 18.2 Å². The summed E-state index contributed by atoms with van der Waals surface area (Å²) in [6, 6.07) is 4.01. The Morgan fingerprint density at radius 3 is 2.55 bits per heavy atom. The monoisotopic (exact) mass is 423 g/mol. The number of H-pyrrole nitrogens is 1. The van der Waals surface area contributed by atoms with Gasteiger partial charge in [-0.25, -0.2) is 18.0 Å². The SMILES string of the molecule is O=C(Nc1ccc(F)c(Cl)c1)NC1COCc2[nH]c(=O)c3cc(F)c(F)cc3c21. The van der Waals surface area contributed by atoms with Gasteiger partial charge in [-0.05, 0) is 35.7 Å². The van der Waals surface area contributed by atoms with Crippen molar-refractivity contribution < 1.29 is 22.7 Å². The van der Waals surface area contributed by atoms with Crippen LogP contribution in [0, 0.1) is 17.5 Å². The minimum atomic E-state index is -1.15. The number of nitrogens with one attached hydrogen (secondary N) is 3. The highest BCUT2D eigenvalue weighted by atomic mass is 35.5. The molecule has 6 nitrogen and oxygen atoms in total. The number of carbonyl (C=O) groups is 1. The van der Waals surface area contributed by atoms with Crippen LogP contribution in [0.15, 0.2) is 35.1 Å². The highest BCUT2D eigenvalue weighted by Gasteiger charge is 2.27. The van der Waals surface area contributed by atoms with Crippen LogP contribution in [0.1, 0.15) is 17.3 Å². The van der Waals surface area contributed by atoms with Gasteiger partial charge in [-0.1, -0.05) is 11.6 Å². The molecular formula is C19H13ClF3N3O3. The first-order valence-corrected chi connectivity index (χ1v) is 8.85. The van der Waals surface area contributed by atoms with Gasteiger partial charge < -0.3 is 20.4 Å². The molecule has 0 aliphatic carbocycles. The Hall–Kier alpha value is -3.04. The molecule has 1 aromatic heterocycles. The van der Waals surface area contributed by atoms with Crippen molar-refractivity contribution in [2.45, 2.75) is 12.6 Å². The molecule has 3 N–H and O–H groups in total. The van der Waals surface area contributed by atoms with Crippen molar-refractivity contribution in [2.75, 3.05) is 11.9 Å². The normalized spacial score (nSPS) is 15.8. The summed E-state index contributed by atoms with van der Waals surface area (Å²) in [5.41, 5.74) is 0.449. The Labute approximate surface area is 166 Å². The summed E-state index contributed by atoms with van der Waals surface area (Å²) in [7, 11) is 0. The Balaban J connectivity index is 1.68. The highest BCUT2D eigenvalue weighted by molar-refractivity contribution is 6.31. The van der Waals surface area contributed by atoms with E-state index in [4.69, 9.17) is 16.3 Å². The van der Waals surface area contributed by atoms with Gasteiger partial charge in [0.1, 0.15) is 5.82 Å². The van der Waals surface area contributed by atoms with Crippen molar-refractivity contribution >= 4 is 34.1 Å². The van der Waals surface area contributed by atoms with Crippen LogP contribution < -0.4 is 16.2 Å². The topological polar surface area (TPSA) is 83.2 Å². The number of anilines is 1. The molecule has 1 unspecified atom stereocenters. The van der Waals surface area contributed by atoms with Crippen LogP contribution in [0.2, 0.25) is 5.02 Å². The Morgan fingerprint density at radius 1 is 1.10 bits per heavy atom. The Kier molecular flexibility index (Phi) is 4.93. The number of benzene rings is 2. The van der Waals surface area contributed by atoms with Crippen LogP contribution >= 0.6 is 11.6 Å². The van der Waals surface area contributed by atoms with Crippen molar-refractivity contribution in [3.63, 3.8) is 0 Å². The fraction of sp³-hybridized carbons (Fsp3) is 0.158. The lowest BCUT2D eigenvalue weighted by molar-refractivity contribution is 0.0826. The predicted octanol–water partition coefficient (Wildman–Crippen LogP) is 3.99. The third-order valence-electron chi connectivity index (χ3n) is 4.55. The summed E-state index contributed by atoms with van der Waals surface area (Å²) in [6.07, 6.45) is 0. The molecule has 3 aromatic rings. The van der Waals surface area contributed by atoms with Crippen molar-refractivity contribution in [3.8, 4) is 0 Å². The number of pyridine rings is 1. The van der Waals surface area contributed by atoms with E-state index in [9.17, 15) is 22.8 Å². The lowest BCUT2D eigenvalue weighted by atomic mass is 9.96. The Morgan fingerprint density at radius 2 is 1.83 bits per heavy atom.